The van der Waals surface area contributed by atoms with Crippen LogP contribution >= 0.6 is 0 Å². The first-order valence-electron chi connectivity index (χ1n) is 11.3. The Kier molecular flexibility index (Phi) is 6.05. The van der Waals surface area contributed by atoms with Crippen LogP contribution in [0.4, 0.5) is 10.5 Å². The van der Waals surface area contributed by atoms with Gasteiger partial charge in [0.2, 0.25) is 0 Å². The van der Waals surface area contributed by atoms with Crippen molar-refractivity contribution in [1.29, 1.82) is 0 Å². The van der Waals surface area contributed by atoms with E-state index in [9.17, 15) is 4.79 Å². The smallest absolute Gasteiger partial charge is 0.322 e. The molecule has 35 heavy (non-hydrogen) atoms. The zero-order valence-corrected chi connectivity index (χ0v) is 19.8. The summed E-state index contributed by atoms with van der Waals surface area (Å²) in [5, 5.41) is 14.7. The Morgan fingerprint density at radius 2 is 1.77 bits per heavy atom. The molecule has 0 aliphatic carbocycles. The molecule has 1 aliphatic heterocycles. The maximum absolute atomic E-state index is 13.6. The van der Waals surface area contributed by atoms with E-state index in [0.29, 0.717) is 36.0 Å². The topological polar surface area (TPSA) is 94.4 Å². The Morgan fingerprint density at radius 1 is 1.00 bits per heavy atom. The number of benzene rings is 3. The number of hydrogen-bond donors (Lipinski definition) is 1. The van der Waals surface area contributed by atoms with Crippen LogP contribution in [0.15, 0.2) is 66.7 Å². The van der Waals surface area contributed by atoms with Crippen molar-refractivity contribution in [1.82, 2.24) is 25.1 Å². The molecule has 5 rings (SSSR count). The van der Waals surface area contributed by atoms with Crippen molar-refractivity contribution in [2.24, 2.45) is 7.05 Å². The summed E-state index contributed by atoms with van der Waals surface area (Å²) in [4.78, 5) is 15.5. The van der Waals surface area contributed by atoms with Crippen LogP contribution in [0.25, 0.3) is 11.4 Å². The number of tetrazole rings is 1. The van der Waals surface area contributed by atoms with Crippen molar-refractivity contribution in [3.05, 3.63) is 83.4 Å². The van der Waals surface area contributed by atoms with E-state index in [4.69, 9.17) is 9.47 Å². The van der Waals surface area contributed by atoms with Gasteiger partial charge < -0.3 is 19.7 Å². The summed E-state index contributed by atoms with van der Waals surface area (Å²) in [6.07, 6.45) is 0.705. The summed E-state index contributed by atoms with van der Waals surface area (Å²) in [7, 11) is 5.03. The molecular formula is C26H26N6O3. The molecule has 0 bridgehead atoms. The predicted molar refractivity (Wildman–Crippen MR) is 131 cm³/mol. The average molecular weight is 471 g/mol. The van der Waals surface area contributed by atoms with Crippen LogP contribution in [-0.4, -0.2) is 51.9 Å². The van der Waals surface area contributed by atoms with Crippen molar-refractivity contribution in [2.45, 2.75) is 12.5 Å². The lowest BCUT2D eigenvalue weighted by Crippen LogP contribution is -2.43. The van der Waals surface area contributed by atoms with Crippen molar-refractivity contribution < 1.29 is 14.3 Å². The van der Waals surface area contributed by atoms with Gasteiger partial charge in [-0.1, -0.05) is 42.5 Å². The molecule has 178 valence electrons. The Balaban J connectivity index is 1.49. The number of hydrogen-bond acceptors (Lipinski definition) is 6. The van der Waals surface area contributed by atoms with Crippen LogP contribution in [0.5, 0.6) is 11.5 Å². The second kappa shape index (κ2) is 9.46. The molecular weight excluding hydrogens is 444 g/mol. The third kappa shape index (κ3) is 4.28. The molecule has 1 aromatic heterocycles. The molecule has 2 heterocycles. The number of methoxy groups -OCH3 is 2. The number of ether oxygens (including phenoxy) is 2. The van der Waals surface area contributed by atoms with Gasteiger partial charge >= 0.3 is 6.03 Å². The zero-order chi connectivity index (χ0) is 24.4. The van der Waals surface area contributed by atoms with Gasteiger partial charge in [-0.2, -0.15) is 0 Å². The highest BCUT2D eigenvalue weighted by atomic mass is 16.5. The molecule has 0 saturated carbocycles. The zero-order valence-electron chi connectivity index (χ0n) is 19.8. The normalized spacial score (nSPS) is 14.8. The summed E-state index contributed by atoms with van der Waals surface area (Å²) in [5.74, 6) is 1.95. The second-order valence-electron chi connectivity index (χ2n) is 8.30. The molecule has 1 N–H and O–H groups in total. The lowest BCUT2D eigenvalue weighted by molar-refractivity contribution is 0.193. The summed E-state index contributed by atoms with van der Waals surface area (Å²) in [6.45, 7) is 0.556. The number of nitrogens with zero attached hydrogens (tertiary/aromatic N) is 5. The Bertz CT molecular complexity index is 1350. The molecule has 1 aliphatic rings. The maximum atomic E-state index is 13.6. The largest absolute Gasteiger partial charge is 0.493 e. The summed E-state index contributed by atoms with van der Waals surface area (Å²) < 4.78 is 12.7. The van der Waals surface area contributed by atoms with Crippen molar-refractivity contribution >= 4 is 11.7 Å². The second-order valence-corrected chi connectivity index (χ2v) is 8.30. The molecule has 1 atom stereocenters. The number of urea groups is 1. The van der Waals surface area contributed by atoms with Gasteiger partial charge in [0.1, 0.15) is 0 Å². The fraction of sp³-hybridized carbons (Fsp3) is 0.231. The van der Waals surface area contributed by atoms with Crippen molar-refractivity contribution in [2.75, 3.05) is 26.1 Å². The van der Waals surface area contributed by atoms with Crippen LogP contribution in [0, 0.1) is 0 Å². The van der Waals surface area contributed by atoms with Gasteiger partial charge in [-0.05, 0) is 57.8 Å². The fourth-order valence-electron chi connectivity index (χ4n) is 4.56. The molecule has 0 saturated heterocycles. The van der Waals surface area contributed by atoms with Gasteiger partial charge in [0.25, 0.3) is 0 Å². The monoisotopic (exact) mass is 470 g/mol. The first kappa shape index (κ1) is 22.4. The van der Waals surface area contributed by atoms with Crippen molar-refractivity contribution in [3.63, 3.8) is 0 Å². The van der Waals surface area contributed by atoms with Crippen LogP contribution < -0.4 is 14.8 Å². The van der Waals surface area contributed by atoms with E-state index in [2.05, 4.69) is 20.8 Å². The molecule has 2 amide bonds. The number of aryl methyl sites for hydroxylation is 1. The Morgan fingerprint density at radius 3 is 2.49 bits per heavy atom. The van der Waals surface area contributed by atoms with E-state index in [1.165, 1.54) is 0 Å². The van der Waals surface area contributed by atoms with Gasteiger partial charge in [0, 0.05) is 24.8 Å². The van der Waals surface area contributed by atoms with Gasteiger partial charge in [-0.3, -0.25) is 0 Å². The molecule has 0 radical (unpaired) electrons. The fourth-order valence-corrected chi connectivity index (χ4v) is 4.56. The van der Waals surface area contributed by atoms with Gasteiger partial charge in [-0.25, -0.2) is 9.48 Å². The quantitative estimate of drug-likeness (QED) is 0.473. The first-order valence-corrected chi connectivity index (χ1v) is 11.3. The number of aromatic nitrogens is 4. The number of carbonyl (C=O) groups excluding carboxylic acids is 1. The number of anilines is 1. The van der Waals surface area contributed by atoms with Crippen LogP contribution in [0.1, 0.15) is 22.7 Å². The Labute approximate surface area is 203 Å². The van der Waals surface area contributed by atoms with Crippen LogP contribution in [0.3, 0.4) is 0 Å². The molecule has 3 aromatic carbocycles. The maximum Gasteiger partial charge on any atom is 0.322 e. The molecule has 1 unspecified atom stereocenters. The average Bonchev–Trinajstić information content (AvgIpc) is 3.33. The van der Waals surface area contributed by atoms with E-state index in [-0.39, 0.29) is 12.1 Å². The van der Waals surface area contributed by atoms with Gasteiger partial charge in [0.15, 0.2) is 17.3 Å². The van der Waals surface area contributed by atoms with Crippen LogP contribution in [-0.2, 0) is 13.5 Å². The van der Waals surface area contributed by atoms with Gasteiger partial charge in [-0.15, -0.1) is 5.10 Å². The lowest BCUT2D eigenvalue weighted by Gasteiger charge is -2.38. The number of nitrogens with one attached hydrogen (secondary N) is 1. The highest BCUT2D eigenvalue weighted by Gasteiger charge is 2.33. The van der Waals surface area contributed by atoms with E-state index in [0.717, 1.165) is 22.3 Å². The highest BCUT2D eigenvalue weighted by Crippen LogP contribution is 2.41. The third-order valence-electron chi connectivity index (χ3n) is 6.24. The van der Waals surface area contributed by atoms with Crippen LogP contribution in [0.2, 0.25) is 0 Å². The Hall–Kier alpha value is -4.40. The summed E-state index contributed by atoms with van der Waals surface area (Å²) in [5.41, 5.74) is 4.66. The van der Waals surface area contributed by atoms with E-state index in [1.807, 2.05) is 71.6 Å². The minimum atomic E-state index is -0.272. The molecule has 4 aromatic rings. The van der Waals surface area contributed by atoms with E-state index < -0.39 is 0 Å². The SMILES string of the molecule is COc1cc2c(cc1OC)C(c1ccccc1)N(C(=O)Nc1cccc(-c3nnnn3C)c1)CC2. The highest BCUT2D eigenvalue weighted by molar-refractivity contribution is 5.91. The standard InChI is InChI=1S/C26H26N6O3/c1-31-25(28-29-30-31)19-10-7-11-20(14-19)27-26(33)32-13-12-18-15-22(34-2)23(35-3)16-21(18)24(32)17-8-5-4-6-9-17/h4-11,14-16,24H,12-13H2,1-3H3,(H,27,33). The van der Waals surface area contributed by atoms with E-state index >= 15 is 0 Å². The molecule has 0 fully saturated rings. The first-order chi connectivity index (χ1) is 17.1. The van der Waals surface area contributed by atoms with Gasteiger partial charge in [0.05, 0.1) is 20.3 Å². The minimum Gasteiger partial charge on any atom is -0.493 e. The molecule has 0 spiro atoms. The lowest BCUT2D eigenvalue weighted by atomic mass is 9.88. The number of amides is 2. The third-order valence-corrected chi connectivity index (χ3v) is 6.24. The summed E-state index contributed by atoms with van der Waals surface area (Å²) >= 11 is 0. The number of fused-ring (bicyclic) bond motifs is 1. The predicted octanol–water partition coefficient (Wildman–Crippen LogP) is 4.07. The summed E-state index contributed by atoms with van der Waals surface area (Å²) in [6, 6.07) is 21.1. The number of rotatable bonds is 5. The van der Waals surface area contributed by atoms with E-state index in [1.54, 1.807) is 25.9 Å². The minimum absolute atomic E-state index is 0.187. The number of carbonyl (C=O) groups is 1. The van der Waals surface area contributed by atoms with Crippen molar-refractivity contribution in [3.8, 4) is 22.9 Å². The molecule has 9 nitrogen and oxygen atoms in total. The molecule has 9 heteroatoms.